The molecule has 0 aliphatic carbocycles. The van der Waals surface area contributed by atoms with Crippen molar-refractivity contribution in [2.75, 3.05) is 14.2 Å². The summed E-state index contributed by atoms with van der Waals surface area (Å²) < 4.78 is 27.4. The Morgan fingerprint density at radius 3 is 2.63 bits per heavy atom. The summed E-state index contributed by atoms with van der Waals surface area (Å²) in [5, 5.41) is 2.79. The molecule has 2 aromatic heterocycles. The second-order valence-electron chi connectivity index (χ2n) is 6.74. The molecular formula is C22H20FN3O4. The predicted octanol–water partition coefficient (Wildman–Crippen LogP) is 2.73. The van der Waals surface area contributed by atoms with E-state index in [1.165, 1.54) is 23.8 Å². The largest absolute Gasteiger partial charge is 0.497 e. The highest BCUT2D eigenvalue weighted by molar-refractivity contribution is 5.82. The van der Waals surface area contributed by atoms with Gasteiger partial charge in [-0.25, -0.2) is 4.39 Å². The second kappa shape index (κ2) is 7.90. The van der Waals surface area contributed by atoms with Crippen LogP contribution in [0.4, 0.5) is 4.39 Å². The number of methoxy groups -OCH3 is 2. The predicted molar refractivity (Wildman–Crippen MR) is 111 cm³/mol. The van der Waals surface area contributed by atoms with Crippen LogP contribution in [0.2, 0.25) is 0 Å². The van der Waals surface area contributed by atoms with Gasteiger partial charge in [-0.15, -0.1) is 0 Å². The van der Waals surface area contributed by atoms with Gasteiger partial charge in [-0.2, -0.15) is 0 Å². The van der Waals surface area contributed by atoms with Crippen molar-refractivity contribution in [3.05, 3.63) is 76.5 Å². The average Bonchev–Trinajstić information content (AvgIpc) is 3.25. The molecule has 1 N–H and O–H groups in total. The van der Waals surface area contributed by atoms with E-state index in [1.807, 2.05) is 0 Å². The summed E-state index contributed by atoms with van der Waals surface area (Å²) in [4.78, 5) is 25.5. The van der Waals surface area contributed by atoms with Crippen molar-refractivity contribution in [3.8, 4) is 11.5 Å². The summed E-state index contributed by atoms with van der Waals surface area (Å²) in [6.45, 7) is -0.0284. The molecule has 0 unspecified atom stereocenters. The third-order valence-corrected chi connectivity index (χ3v) is 4.97. The van der Waals surface area contributed by atoms with E-state index in [0.717, 1.165) is 5.56 Å². The van der Waals surface area contributed by atoms with E-state index in [-0.39, 0.29) is 24.6 Å². The van der Waals surface area contributed by atoms with Crippen LogP contribution in [-0.4, -0.2) is 29.1 Å². The van der Waals surface area contributed by atoms with Gasteiger partial charge in [-0.05, 0) is 42.5 Å². The van der Waals surface area contributed by atoms with Crippen molar-refractivity contribution in [2.45, 2.75) is 13.1 Å². The number of amides is 1. The van der Waals surface area contributed by atoms with E-state index < -0.39 is 5.82 Å². The highest BCUT2D eigenvalue weighted by Crippen LogP contribution is 2.24. The smallest absolute Gasteiger partial charge is 0.275 e. The minimum absolute atomic E-state index is 0.209. The number of halogens is 1. The molecule has 0 atom stereocenters. The average molecular weight is 409 g/mol. The Balaban J connectivity index is 1.63. The van der Waals surface area contributed by atoms with E-state index in [0.29, 0.717) is 28.0 Å². The number of fused-ring (bicyclic) bond motifs is 3. The van der Waals surface area contributed by atoms with Gasteiger partial charge in [-0.3, -0.25) is 14.2 Å². The Bertz CT molecular complexity index is 1310. The Hall–Kier alpha value is -3.81. The maximum absolute atomic E-state index is 13.9. The zero-order valence-corrected chi connectivity index (χ0v) is 16.5. The summed E-state index contributed by atoms with van der Waals surface area (Å²) in [5.74, 6) is 0.360. The minimum Gasteiger partial charge on any atom is -0.497 e. The summed E-state index contributed by atoms with van der Waals surface area (Å²) >= 11 is 0. The van der Waals surface area contributed by atoms with Crippen molar-refractivity contribution in [2.24, 2.45) is 0 Å². The number of nitrogens with zero attached hydrogens (tertiary/aromatic N) is 2. The number of hydrogen-bond acceptors (Lipinski definition) is 4. The fourth-order valence-corrected chi connectivity index (χ4v) is 3.48. The molecule has 0 fully saturated rings. The SMILES string of the molecule is COc1ccc(CNC(=O)Cn2c(=O)c3cccn3c3ccc(F)cc32)c(OC)c1. The zero-order valence-electron chi connectivity index (χ0n) is 16.5. The fourth-order valence-electron chi connectivity index (χ4n) is 3.48. The van der Waals surface area contributed by atoms with Crippen LogP contribution in [0, 0.1) is 5.82 Å². The van der Waals surface area contributed by atoms with Crippen LogP contribution in [0.3, 0.4) is 0 Å². The molecule has 4 aromatic rings. The van der Waals surface area contributed by atoms with Gasteiger partial charge in [0.25, 0.3) is 5.56 Å². The lowest BCUT2D eigenvalue weighted by Gasteiger charge is -2.14. The van der Waals surface area contributed by atoms with E-state index in [2.05, 4.69) is 5.32 Å². The van der Waals surface area contributed by atoms with Crippen molar-refractivity contribution >= 4 is 22.5 Å². The summed E-state index contributed by atoms with van der Waals surface area (Å²) in [6.07, 6.45) is 1.73. The van der Waals surface area contributed by atoms with Crippen molar-refractivity contribution in [1.29, 1.82) is 0 Å². The molecule has 154 valence electrons. The number of ether oxygens (including phenoxy) is 2. The van der Waals surface area contributed by atoms with Crippen molar-refractivity contribution in [3.63, 3.8) is 0 Å². The van der Waals surface area contributed by atoms with Gasteiger partial charge in [-0.1, -0.05) is 0 Å². The normalized spacial score (nSPS) is 11.0. The van der Waals surface area contributed by atoms with Crippen molar-refractivity contribution in [1.82, 2.24) is 14.3 Å². The molecule has 2 aromatic carbocycles. The standard InChI is InChI=1S/C22H20FN3O4/c1-29-16-7-5-14(20(11-16)30-2)12-24-21(27)13-26-19-10-15(23)6-8-17(19)25-9-3-4-18(25)22(26)28/h3-11H,12-13H2,1-2H3,(H,24,27). The van der Waals surface area contributed by atoms with E-state index >= 15 is 0 Å². The van der Waals surface area contributed by atoms with E-state index in [1.54, 1.807) is 54.1 Å². The molecule has 0 saturated heterocycles. The molecule has 2 heterocycles. The summed E-state index contributed by atoms with van der Waals surface area (Å²) in [7, 11) is 3.09. The van der Waals surface area contributed by atoms with Gasteiger partial charge in [0.05, 0.1) is 25.3 Å². The van der Waals surface area contributed by atoms with Gasteiger partial charge in [0.2, 0.25) is 5.91 Å². The van der Waals surface area contributed by atoms with E-state index in [4.69, 9.17) is 9.47 Å². The van der Waals surface area contributed by atoms with Crippen molar-refractivity contribution < 1.29 is 18.7 Å². The first-order chi connectivity index (χ1) is 14.5. The number of carbonyl (C=O) groups excluding carboxylic acids is 1. The van der Waals surface area contributed by atoms with Gasteiger partial charge in [0.15, 0.2) is 0 Å². The molecule has 0 aliphatic heterocycles. The molecule has 7 nitrogen and oxygen atoms in total. The van der Waals surface area contributed by atoms with Gasteiger partial charge in [0.1, 0.15) is 29.4 Å². The number of nitrogens with one attached hydrogen (secondary N) is 1. The first kappa shape index (κ1) is 19.5. The number of benzene rings is 2. The number of aromatic nitrogens is 2. The van der Waals surface area contributed by atoms with Crippen LogP contribution < -0.4 is 20.3 Å². The Morgan fingerprint density at radius 2 is 1.87 bits per heavy atom. The van der Waals surface area contributed by atoms with Crippen LogP contribution in [0.25, 0.3) is 16.6 Å². The molecule has 0 saturated carbocycles. The topological polar surface area (TPSA) is 74.0 Å². The lowest BCUT2D eigenvalue weighted by Crippen LogP contribution is -2.33. The van der Waals surface area contributed by atoms with Gasteiger partial charge in [0, 0.05) is 24.4 Å². The Morgan fingerprint density at radius 1 is 1.03 bits per heavy atom. The molecular weight excluding hydrogens is 389 g/mol. The Kier molecular flexibility index (Phi) is 5.14. The molecule has 0 spiro atoms. The third-order valence-electron chi connectivity index (χ3n) is 4.97. The maximum atomic E-state index is 13.9. The van der Waals surface area contributed by atoms with E-state index in [9.17, 15) is 14.0 Å². The lowest BCUT2D eigenvalue weighted by molar-refractivity contribution is -0.121. The first-order valence-electron chi connectivity index (χ1n) is 9.28. The Labute approximate surface area is 171 Å². The second-order valence-corrected chi connectivity index (χ2v) is 6.74. The molecule has 0 bridgehead atoms. The molecule has 30 heavy (non-hydrogen) atoms. The monoisotopic (exact) mass is 409 g/mol. The number of carbonyl (C=O) groups is 1. The molecule has 8 heteroatoms. The first-order valence-corrected chi connectivity index (χ1v) is 9.28. The zero-order chi connectivity index (χ0) is 21.3. The maximum Gasteiger partial charge on any atom is 0.275 e. The van der Waals surface area contributed by atoms with Crippen LogP contribution in [0.15, 0.2) is 59.5 Å². The minimum atomic E-state index is -0.481. The van der Waals surface area contributed by atoms with Crippen LogP contribution >= 0.6 is 0 Å². The lowest BCUT2D eigenvalue weighted by atomic mass is 10.2. The molecule has 1 amide bonds. The molecule has 4 rings (SSSR count). The van der Waals surface area contributed by atoms with Gasteiger partial charge >= 0.3 is 0 Å². The number of hydrogen-bond donors (Lipinski definition) is 1. The summed E-state index contributed by atoms with van der Waals surface area (Å²) in [6, 6.07) is 12.9. The third kappa shape index (κ3) is 3.47. The highest BCUT2D eigenvalue weighted by atomic mass is 19.1. The highest BCUT2D eigenvalue weighted by Gasteiger charge is 2.14. The molecule has 0 radical (unpaired) electrons. The molecule has 0 aliphatic rings. The number of rotatable bonds is 6. The summed E-state index contributed by atoms with van der Waals surface area (Å²) in [5.41, 5.74) is 1.80. The fraction of sp³-hybridized carbons (Fsp3) is 0.182. The quantitative estimate of drug-likeness (QED) is 0.532. The van der Waals surface area contributed by atoms with Crippen LogP contribution in [0.5, 0.6) is 11.5 Å². The van der Waals surface area contributed by atoms with Crippen LogP contribution in [-0.2, 0) is 17.9 Å². The van der Waals surface area contributed by atoms with Gasteiger partial charge < -0.3 is 19.2 Å². The van der Waals surface area contributed by atoms with Crippen LogP contribution in [0.1, 0.15) is 5.56 Å².